The van der Waals surface area contributed by atoms with Crippen LogP contribution >= 0.6 is 0 Å². The van der Waals surface area contributed by atoms with E-state index in [9.17, 15) is 13.2 Å². The number of carbonyl (C=O) groups excluding carboxylic acids is 1. The van der Waals surface area contributed by atoms with Gasteiger partial charge in [0.2, 0.25) is 0 Å². The highest BCUT2D eigenvalue weighted by Crippen LogP contribution is 2.21. The molecule has 0 aromatic heterocycles. The average Bonchev–Trinajstić information content (AvgIpc) is 2.62. The van der Waals surface area contributed by atoms with Gasteiger partial charge >= 0.3 is 0 Å². The number of hydrogen-bond acceptors (Lipinski definition) is 3. The Balaban J connectivity index is 1.78. The molecular weight excluding hydrogens is 360 g/mol. The van der Waals surface area contributed by atoms with E-state index in [0.29, 0.717) is 16.9 Å². The third-order valence-electron chi connectivity index (χ3n) is 4.09. The average molecular weight is 380 g/mol. The first-order valence-electron chi connectivity index (χ1n) is 8.42. The SMILES string of the molecule is Cc1ccc(S(=O)(=O)Nc2cccc(NC(=O)c3ccccc3C)c2)cc1. The number of aryl methyl sites for hydroxylation is 2. The molecule has 0 heterocycles. The van der Waals surface area contributed by atoms with E-state index >= 15 is 0 Å². The fourth-order valence-electron chi connectivity index (χ4n) is 2.62. The van der Waals surface area contributed by atoms with Crippen LogP contribution < -0.4 is 10.0 Å². The summed E-state index contributed by atoms with van der Waals surface area (Å²) >= 11 is 0. The van der Waals surface area contributed by atoms with Crippen LogP contribution in [-0.4, -0.2) is 14.3 Å². The van der Waals surface area contributed by atoms with Gasteiger partial charge in [0.1, 0.15) is 0 Å². The zero-order valence-corrected chi connectivity index (χ0v) is 15.9. The fourth-order valence-corrected chi connectivity index (χ4v) is 3.67. The number of nitrogens with one attached hydrogen (secondary N) is 2. The Kier molecular flexibility index (Phi) is 5.28. The number of amides is 1. The quantitative estimate of drug-likeness (QED) is 0.691. The molecule has 1 amide bonds. The molecule has 0 atom stereocenters. The smallest absolute Gasteiger partial charge is 0.261 e. The summed E-state index contributed by atoms with van der Waals surface area (Å²) < 4.78 is 27.6. The first kappa shape index (κ1) is 18.7. The Morgan fingerprint density at radius 1 is 0.815 bits per heavy atom. The van der Waals surface area contributed by atoms with E-state index in [1.165, 1.54) is 0 Å². The second kappa shape index (κ2) is 7.63. The maximum atomic E-state index is 12.5. The van der Waals surface area contributed by atoms with Crippen molar-refractivity contribution < 1.29 is 13.2 Å². The summed E-state index contributed by atoms with van der Waals surface area (Å²) in [5.41, 5.74) is 3.30. The summed E-state index contributed by atoms with van der Waals surface area (Å²) in [4.78, 5) is 12.6. The summed E-state index contributed by atoms with van der Waals surface area (Å²) in [6, 6.07) is 20.5. The van der Waals surface area contributed by atoms with Gasteiger partial charge in [0, 0.05) is 11.3 Å². The van der Waals surface area contributed by atoms with Crippen molar-refractivity contribution in [2.24, 2.45) is 0 Å². The predicted octanol–water partition coefficient (Wildman–Crippen LogP) is 4.36. The van der Waals surface area contributed by atoms with Crippen molar-refractivity contribution in [3.63, 3.8) is 0 Å². The van der Waals surface area contributed by atoms with Crippen molar-refractivity contribution >= 4 is 27.3 Å². The number of benzene rings is 3. The van der Waals surface area contributed by atoms with Gasteiger partial charge in [0.05, 0.1) is 10.6 Å². The van der Waals surface area contributed by atoms with E-state index in [2.05, 4.69) is 10.0 Å². The molecule has 5 nitrogen and oxygen atoms in total. The lowest BCUT2D eigenvalue weighted by molar-refractivity contribution is 0.102. The van der Waals surface area contributed by atoms with Crippen LogP contribution in [-0.2, 0) is 10.0 Å². The van der Waals surface area contributed by atoms with Crippen molar-refractivity contribution in [1.29, 1.82) is 0 Å². The van der Waals surface area contributed by atoms with Crippen LogP contribution in [0.5, 0.6) is 0 Å². The Labute approximate surface area is 159 Å². The van der Waals surface area contributed by atoms with Gasteiger partial charge in [-0.2, -0.15) is 0 Å². The lowest BCUT2D eigenvalue weighted by Gasteiger charge is -2.11. The van der Waals surface area contributed by atoms with Crippen LogP contribution in [0.4, 0.5) is 11.4 Å². The Hall–Kier alpha value is -3.12. The monoisotopic (exact) mass is 380 g/mol. The molecule has 3 aromatic rings. The Morgan fingerprint density at radius 2 is 1.48 bits per heavy atom. The van der Waals surface area contributed by atoms with E-state index in [-0.39, 0.29) is 10.8 Å². The summed E-state index contributed by atoms with van der Waals surface area (Å²) in [5, 5.41) is 2.80. The highest BCUT2D eigenvalue weighted by Gasteiger charge is 2.14. The highest BCUT2D eigenvalue weighted by atomic mass is 32.2. The first-order chi connectivity index (χ1) is 12.8. The lowest BCUT2D eigenvalue weighted by Crippen LogP contribution is -2.15. The number of rotatable bonds is 5. The van der Waals surface area contributed by atoms with Crippen molar-refractivity contribution in [3.05, 3.63) is 89.5 Å². The van der Waals surface area contributed by atoms with E-state index in [0.717, 1.165) is 11.1 Å². The Bertz CT molecular complexity index is 1070. The fraction of sp³-hybridized carbons (Fsp3) is 0.0952. The first-order valence-corrected chi connectivity index (χ1v) is 9.90. The topological polar surface area (TPSA) is 75.3 Å². The standard InChI is InChI=1S/C21H20N2O3S/c1-15-10-12-19(13-11-15)27(25,26)23-18-8-5-7-17(14-18)22-21(24)20-9-4-3-6-16(20)2/h3-14,23H,1-2H3,(H,22,24). The van der Waals surface area contributed by atoms with Crippen LogP contribution in [0.25, 0.3) is 0 Å². The van der Waals surface area contributed by atoms with E-state index in [4.69, 9.17) is 0 Å². The summed E-state index contributed by atoms with van der Waals surface area (Å²) in [5.74, 6) is -0.244. The molecule has 27 heavy (non-hydrogen) atoms. The minimum Gasteiger partial charge on any atom is -0.322 e. The van der Waals surface area contributed by atoms with Gasteiger partial charge in [-0.1, -0.05) is 42.0 Å². The molecule has 0 aliphatic rings. The zero-order chi connectivity index (χ0) is 19.4. The molecule has 2 N–H and O–H groups in total. The van der Waals surface area contributed by atoms with Crippen LogP contribution in [0.2, 0.25) is 0 Å². The van der Waals surface area contributed by atoms with Gasteiger partial charge in [0.15, 0.2) is 0 Å². The van der Waals surface area contributed by atoms with Gasteiger partial charge in [-0.3, -0.25) is 9.52 Å². The van der Waals surface area contributed by atoms with Gasteiger partial charge in [-0.25, -0.2) is 8.42 Å². The van der Waals surface area contributed by atoms with E-state index in [1.54, 1.807) is 60.7 Å². The number of anilines is 2. The number of sulfonamides is 1. The maximum absolute atomic E-state index is 12.5. The molecule has 3 rings (SSSR count). The Morgan fingerprint density at radius 3 is 2.19 bits per heavy atom. The molecule has 0 saturated heterocycles. The molecule has 0 saturated carbocycles. The molecule has 3 aromatic carbocycles. The molecule has 138 valence electrons. The molecule has 0 spiro atoms. The molecule has 0 bridgehead atoms. The molecule has 0 fully saturated rings. The highest BCUT2D eigenvalue weighted by molar-refractivity contribution is 7.92. The second-order valence-corrected chi connectivity index (χ2v) is 7.95. The van der Waals surface area contributed by atoms with Crippen LogP contribution in [0.1, 0.15) is 21.5 Å². The minimum atomic E-state index is -3.70. The van der Waals surface area contributed by atoms with Crippen molar-refractivity contribution in [1.82, 2.24) is 0 Å². The van der Waals surface area contributed by atoms with Crippen LogP contribution in [0.15, 0.2) is 77.7 Å². The second-order valence-electron chi connectivity index (χ2n) is 6.27. The maximum Gasteiger partial charge on any atom is 0.261 e. The third kappa shape index (κ3) is 4.54. The normalized spacial score (nSPS) is 11.0. The zero-order valence-electron chi connectivity index (χ0n) is 15.1. The molecular formula is C21H20N2O3S. The predicted molar refractivity (Wildman–Crippen MR) is 108 cm³/mol. The minimum absolute atomic E-state index is 0.183. The lowest BCUT2D eigenvalue weighted by atomic mass is 10.1. The van der Waals surface area contributed by atoms with Crippen molar-refractivity contribution in [2.45, 2.75) is 18.7 Å². The molecule has 0 aliphatic carbocycles. The largest absolute Gasteiger partial charge is 0.322 e. The summed E-state index contributed by atoms with van der Waals surface area (Å²) in [6.45, 7) is 3.76. The van der Waals surface area contributed by atoms with E-state index in [1.807, 2.05) is 26.0 Å². The summed E-state index contributed by atoms with van der Waals surface area (Å²) in [7, 11) is -3.70. The van der Waals surface area contributed by atoms with Crippen LogP contribution in [0, 0.1) is 13.8 Å². The summed E-state index contributed by atoms with van der Waals surface area (Å²) in [6.07, 6.45) is 0. The van der Waals surface area contributed by atoms with Gasteiger partial charge in [-0.15, -0.1) is 0 Å². The number of carbonyl (C=O) groups is 1. The molecule has 0 radical (unpaired) electrons. The van der Waals surface area contributed by atoms with Gasteiger partial charge in [-0.05, 0) is 55.8 Å². The molecule has 6 heteroatoms. The van der Waals surface area contributed by atoms with Crippen molar-refractivity contribution in [3.8, 4) is 0 Å². The molecule has 0 unspecified atom stereocenters. The van der Waals surface area contributed by atoms with Crippen LogP contribution in [0.3, 0.4) is 0 Å². The molecule has 0 aliphatic heterocycles. The van der Waals surface area contributed by atoms with Gasteiger partial charge < -0.3 is 5.32 Å². The van der Waals surface area contributed by atoms with Gasteiger partial charge in [0.25, 0.3) is 15.9 Å². The number of hydrogen-bond donors (Lipinski definition) is 2. The third-order valence-corrected chi connectivity index (χ3v) is 5.49. The van der Waals surface area contributed by atoms with Crippen molar-refractivity contribution in [2.75, 3.05) is 10.0 Å². The van der Waals surface area contributed by atoms with E-state index < -0.39 is 10.0 Å².